The molecule has 0 saturated carbocycles. The molecule has 2 aliphatic rings. The number of hydrogen-bond acceptors (Lipinski definition) is 12. The Balaban J connectivity index is 1.37. The van der Waals surface area contributed by atoms with Crippen LogP contribution in [0.25, 0.3) is 43.4 Å². The number of aromatic nitrogens is 4. The maximum Gasteiger partial charge on any atom is 0.413 e. The topological polar surface area (TPSA) is 135 Å². The summed E-state index contributed by atoms with van der Waals surface area (Å²) in [7, 11) is 2.04. The molecule has 0 bridgehead atoms. The van der Waals surface area contributed by atoms with Crippen LogP contribution in [-0.4, -0.2) is 106 Å². The molecule has 56 heavy (non-hydrogen) atoms. The second-order valence-corrected chi connectivity index (χ2v) is 17.0. The molecule has 0 aliphatic carbocycles. The van der Waals surface area contributed by atoms with Crippen molar-refractivity contribution in [2.45, 2.75) is 71.6 Å². The highest BCUT2D eigenvalue weighted by Gasteiger charge is 2.31. The Morgan fingerprint density at radius 1 is 0.929 bits per heavy atom. The van der Waals surface area contributed by atoms with E-state index in [1.54, 1.807) is 44.1 Å². The molecule has 1 N–H and O–H groups in total. The Hall–Kier alpha value is -5.22. The van der Waals surface area contributed by atoms with Gasteiger partial charge in [-0.25, -0.2) is 23.4 Å². The molecule has 13 nitrogen and oxygen atoms in total. The van der Waals surface area contributed by atoms with Crippen molar-refractivity contribution >= 4 is 55.6 Å². The van der Waals surface area contributed by atoms with Crippen molar-refractivity contribution in [1.82, 2.24) is 29.7 Å². The van der Waals surface area contributed by atoms with Crippen LogP contribution in [0.1, 0.15) is 54.4 Å². The molecule has 1 atom stereocenters. The summed E-state index contributed by atoms with van der Waals surface area (Å²) in [6.45, 7) is 13.4. The number of piperazine rings is 1. The molecule has 296 valence electrons. The third-order valence-corrected chi connectivity index (χ3v) is 10.5. The number of halogens is 2. The molecule has 2 saturated heterocycles. The standard InChI is InChI=1S/C40H46F2N8O5S/c1-39(2,3)54-37(51)47-36-45-32-25(12-13-28(41)33(32)56-36)29-26(23-10-8-14-43-21-23)20-27-31(30(29)42)44-35(53-22-24-11-9-15-48(24)7)46-34(27)49-16-18-50(19-17-49)38(52)55-40(4,5)6/h8,10,12-14,20-21,24H,9,11,15-19,22H2,1-7H3,(H,45,47,51). The minimum atomic E-state index is -0.772. The van der Waals surface area contributed by atoms with Gasteiger partial charge in [-0.2, -0.15) is 9.97 Å². The van der Waals surface area contributed by atoms with Gasteiger partial charge in [0.2, 0.25) is 0 Å². The number of thiazole rings is 1. The van der Waals surface area contributed by atoms with Gasteiger partial charge in [0.25, 0.3) is 0 Å². The van der Waals surface area contributed by atoms with Crippen molar-refractivity contribution in [3.8, 4) is 28.3 Å². The molecule has 1 unspecified atom stereocenters. The number of pyridine rings is 1. The molecule has 0 radical (unpaired) electrons. The zero-order chi connectivity index (χ0) is 39.9. The first-order valence-electron chi connectivity index (χ1n) is 18.6. The average molecular weight is 789 g/mol. The lowest BCUT2D eigenvalue weighted by Gasteiger charge is -2.36. The zero-order valence-corrected chi connectivity index (χ0v) is 33.4. The van der Waals surface area contributed by atoms with Crippen molar-refractivity contribution in [3.63, 3.8) is 0 Å². The van der Waals surface area contributed by atoms with Crippen LogP contribution in [0.5, 0.6) is 6.01 Å². The van der Waals surface area contributed by atoms with Crippen LogP contribution in [0.4, 0.5) is 29.3 Å². The second-order valence-electron chi connectivity index (χ2n) is 16.0. The Morgan fingerprint density at radius 3 is 2.34 bits per heavy atom. The van der Waals surface area contributed by atoms with Crippen molar-refractivity contribution < 1.29 is 32.6 Å². The largest absolute Gasteiger partial charge is 0.462 e. The highest BCUT2D eigenvalue weighted by atomic mass is 32.1. The summed E-state index contributed by atoms with van der Waals surface area (Å²) in [4.78, 5) is 49.9. The Labute approximate surface area is 328 Å². The fraction of sp³-hybridized carbons (Fsp3) is 0.450. The summed E-state index contributed by atoms with van der Waals surface area (Å²) < 4.78 is 50.5. The highest BCUT2D eigenvalue weighted by molar-refractivity contribution is 7.22. The Bertz CT molecular complexity index is 2270. The number of benzene rings is 2. The third-order valence-electron chi connectivity index (χ3n) is 9.54. The second kappa shape index (κ2) is 15.4. The quantitative estimate of drug-likeness (QED) is 0.171. The SMILES string of the molecule is CN1CCCC1COc1nc(N2CCN(C(=O)OC(C)(C)C)CC2)c2cc(-c3cccnc3)c(-c3ccc(F)c4sc(NC(=O)OC(C)(C)C)nc34)c(F)c2n1. The molecule has 16 heteroatoms. The number of hydrogen-bond donors (Lipinski definition) is 1. The minimum absolute atomic E-state index is 0.00166. The molecule has 2 aromatic carbocycles. The van der Waals surface area contributed by atoms with Gasteiger partial charge in [-0.15, -0.1) is 0 Å². The summed E-state index contributed by atoms with van der Waals surface area (Å²) in [6, 6.07) is 8.28. The monoisotopic (exact) mass is 788 g/mol. The van der Waals surface area contributed by atoms with E-state index in [1.165, 1.54) is 12.1 Å². The summed E-state index contributed by atoms with van der Waals surface area (Å²) in [6.07, 6.45) is 4.09. The molecule has 5 aromatic rings. The predicted octanol–water partition coefficient (Wildman–Crippen LogP) is 8.12. The third kappa shape index (κ3) is 8.45. The fourth-order valence-electron chi connectivity index (χ4n) is 6.92. The van der Waals surface area contributed by atoms with Gasteiger partial charge < -0.3 is 28.9 Å². The van der Waals surface area contributed by atoms with E-state index in [1.807, 2.05) is 44.9 Å². The van der Waals surface area contributed by atoms with E-state index in [0.29, 0.717) is 55.1 Å². The Morgan fingerprint density at radius 2 is 1.68 bits per heavy atom. The number of anilines is 2. The van der Waals surface area contributed by atoms with Crippen LogP contribution in [0.2, 0.25) is 0 Å². The number of nitrogens with zero attached hydrogens (tertiary/aromatic N) is 7. The van der Waals surface area contributed by atoms with E-state index in [2.05, 4.69) is 25.2 Å². The van der Waals surface area contributed by atoms with E-state index >= 15 is 8.78 Å². The number of rotatable bonds is 7. The predicted molar refractivity (Wildman–Crippen MR) is 212 cm³/mol. The number of fused-ring (bicyclic) bond motifs is 2. The number of carbonyl (C=O) groups excluding carboxylic acids is 2. The number of nitrogens with one attached hydrogen (secondary N) is 1. The summed E-state index contributed by atoms with van der Waals surface area (Å²) in [5.41, 5.74) is 0.183. The van der Waals surface area contributed by atoms with Gasteiger partial charge in [0.15, 0.2) is 10.9 Å². The zero-order valence-electron chi connectivity index (χ0n) is 32.6. The normalized spacial score (nSPS) is 16.8. The van der Waals surface area contributed by atoms with Crippen LogP contribution in [-0.2, 0) is 9.47 Å². The van der Waals surface area contributed by atoms with Crippen molar-refractivity contribution in [2.75, 3.05) is 56.6 Å². The van der Waals surface area contributed by atoms with E-state index in [0.717, 1.165) is 30.7 Å². The van der Waals surface area contributed by atoms with Crippen LogP contribution < -0.4 is 15.0 Å². The first kappa shape index (κ1) is 39.0. The van der Waals surface area contributed by atoms with Gasteiger partial charge in [0, 0.05) is 66.7 Å². The summed E-state index contributed by atoms with van der Waals surface area (Å²) >= 11 is 0.920. The van der Waals surface area contributed by atoms with Gasteiger partial charge in [-0.1, -0.05) is 17.4 Å². The fourth-order valence-corrected chi connectivity index (χ4v) is 7.80. The molecule has 2 fully saturated rings. The molecule has 2 aliphatic heterocycles. The molecule has 0 spiro atoms. The van der Waals surface area contributed by atoms with E-state index in [4.69, 9.17) is 19.2 Å². The molecule has 3 aromatic heterocycles. The highest BCUT2D eigenvalue weighted by Crippen LogP contribution is 2.44. The van der Waals surface area contributed by atoms with Gasteiger partial charge in [0.1, 0.15) is 35.0 Å². The maximum absolute atomic E-state index is 17.7. The number of likely N-dealkylation sites (tertiary alicyclic amines) is 1. The van der Waals surface area contributed by atoms with Gasteiger partial charge >= 0.3 is 18.2 Å². The Kier molecular flexibility index (Phi) is 10.7. The number of amides is 2. The minimum Gasteiger partial charge on any atom is -0.462 e. The van der Waals surface area contributed by atoms with E-state index < -0.39 is 35.0 Å². The van der Waals surface area contributed by atoms with Crippen LogP contribution in [0, 0.1) is 11.6 Å². The van der Waals surface area contributed by atoms with Gasteiger partial charge in [0.05, 0.1) is 10.2 Å². The van der Waals surface area contributed by atoms with E-state index in [9.17, 15) is 9.59 Å². The number of ether oxygens (including phenoxy) is 3. The lowest BCUT2D eigenvalue weighted by Crippen LogP contribution is -2.50. The molecule has 5 heterocycles. The summed E-state index contributed by atoms with van der Waals surface area (Å²) in [5, 5.41) is 3.11. The van der Waals surface area contributed by atoms with Crippen LogP contribution >= 0.6 is 11.3 Å². The molecular formula is C40H46F2N8O5S. The van der Waals surface area contributed by atoms with Crippen molar-refractivity contribution in [2.24, 2.45) is 0 Å². The average Bonchev–Trinajstić information content (AvgIpc) is 3.76. The molecular weight excluding hydrogens is 743 g/mol. The van der Waals surface area contributed by atoms with Gasteiger partial charge in [-0.3, -0.25) is 10.3 Å². The first-order valence-corrected chi connectivity index (χ1v) is 19.5. The molecule has 2 amide bonds. The van der Waals surface area contributed by atoms with Crippen molar-refractivity contribution in [1.29, 1.82) is 0 Å². The van der Waals surface area contributed by atoms with Crippen molar-refractivity contribution in [3.05, 3.63) is 54.4 Å². The van der Waals surface area contributed by atoms with Gasteiger partial charge in [-0.05, 0) is 97.8 Å². The van der Waals surface area contributed by atoms with Crippen LogP contribution in [0.3, 0.4) is 0 Å². The summed E-state index contributed by atoms with van der Waals surface area (Å²) in [5.74, 6) is -0.820. The number of likely N-dealkylation sites (N-methyl/N-ethyl adjacent to an activating group) is 1. The van der Waals surface area contributed by atoms with Crippen LogP contribution in [0.15, 0.2) is 42.7 Å². The number of carbonyl (C=O) groups is 2. The lowest BCUT2D eigenvalue weighted by molar-refractivity contribution is 0.0240. The smallest absolute Gasteiger partial charge is 0.413 e. The molecule has 7 rings (SSSR count). The lowest BCUT2D eigenvalue weighted by atomic mass is 9.92. The maximum atomic E-state index is 17.7. The first-order chi connectivity index (χ1) is 26.5. The van der Waals surface area contributed by atoms with E-state index in [-0.39, 0.29) is 44.0 Å².